The normalized spacial score (nSPS) is 13.1. The van der Waals surface area contributed by atoms with Crippen LogP contribution in [-0.2, 0) is 0 Å². The van der Waals surface area contributed by atoms with E-state index in [2.05, 4.69) is 0 Å². The third-order valence-corrected chi connectivity index (χ3v) is 1.90. The minimum atomic E-state index is -0.772. The molecule has 0 aliphatic carbocycles. The molecule has 1 aromatic carbocycles. The maximum Gasteiger partial charge on any atom is 0.149 e. The average molecular weight is 192 g/mol. The fourth-order valence-electron chi connectivity index (χ4n) is 0.893. The standard InChI is InChI=1S/C8H8ClF2N/c1-4(12)5-2-3-6(10)7(9)8(5)11/h2-4H,12H2,1H3. The highest BCUT2D eigenvalue weighted by atomic mass is 35.5. The quantitative estimate of drug-likeness (QED) is 0.679. The Bertz CT molecular complexity index is 299. The molecule has 0 bridgehead atoms. The topological polar surface area (TPSA) is 26.0 Å². The summed E-state index contributed by atoms with van der Waals surface area (Å²) in [6.07, 6.45) is 0. The molecule has 1 unspecified atom stereocenters. The summed E-state index contributed by atoms with van der Waals surface area (Å²) >= 11 is 5.32. The van der Waals surface area contributed by atoms with Gasteiger partial charge in [-0.1, -0.05) is 17.7 Å². The van der Waals surface area contributed by atoms with E-state index in [9.17, 15) is 8.78 Å². The molecule has 0 aliphatic heterocycles. The summed E-state index contributed by atoms with van der Waals surface area (Å²) in [5, 5.41) is -0.496. The van der Waals surface area contributed by atoms with Gasteiger partial charge in [-0.3, -0.25) is 0 Å². The highest BCUT2D eigenvalue weighted by Gasteiger charge is 2.13. The van der Waals surface area contributed by atoms with Gasteiger partial charge in [0.2, 0.25) is 0 Å². The van der Waals surface area contributed by atoms with Crippen LogP contribution in [0.15, 0.2) is 12.1 Å². The van der Waals surface area contributed by atoms with Gasteiger partial charge in [0.05, 0.1) is 0 Å². The lowest BCUT2D eigenvalue weighted by molar-refractivity contribution is 0.563. The smallest absolute Gasteiger partial charge is 0.149 e. The minimum absolute atomic E-state index is 0.224. The van der Waals surface area contributed by atoms with Crippen LogP contribution in [0.3, 0.4) is 0 Å². The highest BCUT2D eigenvalue weighted by Crippen LogP contribution is 2.24. The molecule has 0 fully saturated rings. The summed E-state index contributed by atoms with van der Waals surface area (Å²) in [5.74, 6) is -1.54. The summed E-state index contributed by atoms with van der Waals surface area (Å²) < 4.78 is 25.7. The number of halogens is 3. The monoisotopic (exact) mass is 191 g/mol. The molecule has 2 N–H and O–H groups in total. The van der Waals surface area contributed by atoms with E-state index in [1.165, 1.54) is 6.07 Å². The van der Waals surface area contributed by atoms with E-state index in [1.807, 2.05) is 0 Å². The molecular weight excluding hydrogens is 184 g/mol. The van der Waals surface area contributed by atoms with Gasteiger partial charge >= 0.3 is 0 Å². The van der Waals surface area contributed by atoms with E-state index >= 15 is 0 Å². The SMILES string of the molecule is CC(N)c1ccc(F)c(Cl)c1F. The molecule has 1 aromatic rings. The van der Waals surface area contributed by atoms with Crippen molar-refractivity contribution in [2.45, 2.75) is 13.0 Å². The summed E-state index contributed by atoms with van der Waals surface area (Å²) in [4.78, 5) is 0. The van der Waals surface area contributed by atoms with Crippen LogP contribution < -0.4 is 5.73 Å². The largest absolute Gasteiger partial charge is 0.324 e. The molecule has 0 aliphatic rings. The van der Waals surface area contributed by atoms with Crippen molar-refractivity contribution in [2.24, 2.45) is 5.73 Å². The van der Waals surface area contributed by atoms with Crippen LogP contribution in [0.2, 0.25) is 5.02 Å². The third kappa shape index (κ3) is 1.57. The van der Waals surface area contributed by atoms with Gasteiger partial charge in [0.25, 0.3) is 0 Å². The molecule has 66 valence electrons. The van der Waals surface area contributed by atoms with Crippen molar-refractivity contribution in [3.63, 3.8) is 0 Å². The van der Waals surface area contributed by atoms with Crippen LogP contribution in [0.25, 0.3) is 0 Å². The lowest BCUT2D eigenvalue weighted by Gasteiger charge is -2.07. The number of hydrogen-bond donors (Lipinski definition) is 1. The molecule has 0 saturated carbocycles. The molecule has 4 heteroatoms. The predicted molar refractivity (Wildman–Crippen MR) is 44.0 cm³/mol. The second kappa shape index (κ2) is 3.37. The van der Waals surface area contributed by atoms with E-state index in [0.29, 0.717) is 0 Å². The van der Waals surface area contributed by atoms with Crippen molar-refractivity contribution in [3.8, 4) is 0 Å². The lowest BCUT2D eigenvalue weighted by Crippen LogP contribution is -2.08. The van der Waals surface area contributed by atoms with Gasteiger partial charge in [-0.2, -0.15) is 0 Å². The minimum Gasteiger partial charge on any atom is -0.324 e. The van der Waals surface area contributed by atoms with Crippen molar-refractivity contribution in [1.29, 1.82) is 0 Å². The van der Waals surface area contributed by atoms with Gasteiger partial charge in [-0.15, -0.1) is 0 Å². The van der Waals surface area contributed by atoms with E-state index < -0.39 is 22.7 Å². The van der Waals surface area contributed by atoms with E-state index in [0.717, 1.165) is 6.07 Å². The lowest BCUT2D eigenvalue weighted by atomic mass is 10.1. The third-order valence-electron chi connectivity index (χ3n) is 1.56. The fourth-order valence-corrected chi connectivity index (χ4v) is 1.06. The van der Waals surface area contributed by atoms with Gasteiger partial charge in [0, 0.05) is 11.6 Å². The van der Waals surface area contributed by atoms with E-state index in [-0.39, 0.29) is 5.56 Å². The van der Waals surface area contributed by atoms with Gasteiger partial charge in [0.1, 0.15) is 16.7 Å². The molecule has 0 amide bonds. The van der Waals surface area contributed by atoms with Crippen LogP contribution in [0, 0.1) is 11.6 Å². The Morgan fingerprint density at radius 1 is 1.42 bits per heavy atom. The Morgan fingerprint density at radius 3 is 2.50 bits per heavy atom. The summed E-state index contributed by atoms with van der Waals surface area (Å²) in [6.45, 7) is 1.60. The van der Waals surface area contributed by atoms with Gasteiger partial charge < -0.3 is 5.73 Å². The first kappa shape index (κ1) is 9.42. The van der Waals surface area contributed by atoms with E-state index in [1.54, 1.807) is 6.92 Å². The average Bonchev–Trinajstić information content (AvgIpc) is 2.00. The zero-order valence-corrected chi connectivity index (χ0v) is 7.20. The summed E-state index contributed by atoms with van der Waals surface area (Å²) in [7, 11) is 0. The van der Waals surface area contributed by atoms with Crippen LogP contribution >= 0.6 is 11.6 Å². The number of hydrogen-bond acceptors (Lipinski definition) is 1. The molecular formula is C8H8ClF2N. The fraction of sp³-hybridized carbons (Fsp3) is 0.250. The molecule has 1 atom stereocenters. The summed E-state index contributed by atoms with van der Waals surface area (Å²) in [5.41, 5.74) is 5.64. The highest BCUT2D eigenvalue weighted by molar-refractivity contribution is 6.30. The maximum absolute atomic E-state index is 13.1. The predicted octanol–water partition coefficient (Wildman–Crippen LogP) is 2.64. The molecule has 1 rings (SSSR count). The van der Waals surface area contributed by atoms with Crippen molar-refractivity contribution in [1.82, 2.24) is 0 Å². The zero-order chi connectivity index (χ0) is 9.30. The second-order valence-corrected chi connectivity index (χ2v) is 2.93. The first-order valence-corrected chi connectivity index (χ1v) is 3.80. The second-order valence-electron chi connectivity index (χ2n) is 2.55. The number of rotatable bonds is 1. The Hall–Kier alpha value is -0.670. The Kier molecular flexibility index (Phi) is 2.65. The van der Waals surface area contributed by atoms with Gasteiger partial charge in [0.15, 0.2) is 0 Å². The maximum atomic E-state index is 13.1. The first-order valence-electron chi connectivity index (χ1n) is 3.43. The zero-order valence-electron chi connectivity index (χ0n) is 6.44. The van der Waals surface area contributed by atoms with E-state index in [4.69, 9.17) is 17.3 Å². The number of nitrogens with two attached hydrogens (primary N) is 1. The Labute approximate surface area is 74.1 Å². The number of benzene rings is 1. The molecule has 0 heterocycles. The molecule has 0 radical (unpaired) electrons. The first-order chi connectivity index (χ1) is 5.54. The Morgan fingerprint density at radius 2 is 2.00 bits per heavy atom. The van der Waals surface area contributed by atoms with Crippen molar-refractivity contribution in [3.05, 3.63) is 34.4 Å². The molecule has 0 spiro atoms. The van der Waals surface area contributed by atoms with Crippen LogP contribution in [0.5, 0.6) is 0 Å². The summed E-state index contributed by atoms with van der Waals surface area (Å²) in [6, 6.07) is 1.91. The molecule has 0 aromatic heterocycles. The van der Waals surface area contributed by atoms with Crippen molar-refractivity contribution >= 4 is 11.6 Å². The molecule has 0 saturated heterocycles. The van der Waals surface area contributed by atoms with Crippen LogP contribution in [-0.4, -0.2) is 0 Å². The molecule has 12 heavy (non-hydrogen) atoms. The van der Waals surface area contributed by atoms with Crippen molar-refractivity contribution in [2.75, 3.05) is 0 Å². The van der Waals surface area contributed by atoms with Crippen LogP contribution in [0.4, 0.5) is 8.78 Å². The van der Waals surface area contributed by atoms with Gasteiger partial charge in [-0.25, -0.2) is 8.78 Å². The van der Waals surface area contributed by atoms with Gasteiger partial charge in [-0.05, 0) is 13.0 Å². The van der Waals surface area contributed by atoms with Crippen LogP contribution in [0.1, 0.15) is 18.5 Å². The molecule has 1 nitrogen and oxygen atoms in total. The van der Waals surface area contributed by atoms with Crippen molar-refractivity contribution < 1.29 is 8.78 Å². The Balaban J connectivity index is 3.27.